The number of rotatable bonds is 2. The molecule has 6 atom stereocenters. The van der Waals surface area contributed by atoms with Gasteiger partial charge >= 0.3 is 6.10 Å². The van der Waals surface area contributed by atoms with E-state index in [-0.39, 0.29) is 25.2 Å². The molecule has 21 heavy (non-hydrogen) atoms. The van der Waals surface area contributed by atoms with E-state index in [1.54, 1.807) is 4.90 Å². The van der Waals surface area contributed by atoms with Crippen LogP contribution in [0.3, 0.4) is 0 Å². The molecule has 0 saturated carbocycles. The van der Waals surface area contributed by atoms with Gasteiger partial charge in [-0.25, -0.2) is 0 Å². The number of nitrogens with zero attached hydrogens (tertiary/aromatic N) is 2. The Labute approximate surface area is 121 Å². The maximum absolute atomic E-state index is 11.9. The molecule has 3 fully saturated rings. The average Bonchev–Trinajstić information content (AvgIpc) is 2.99. The fourth-order valence-corrected chi connectivity index (χ4v) is 3.23. The Hall–Kier alpha value is -1.41. The quantitative estimate of drug-likeness (QED) is 0.334. The van der Waals surface area contributed by atoms with E-state index in [2.05, 4.69) is 16.7 Å². The Bertz CT molecular complexity index is 469. The molecule has 0 bridgehead atoms. The molecule has 0 aromatic carbocycles. The zero-order chi connectivity index (χ0) is 15.1. The summed E-state index contributed by atoms with van der Waals surface area (Å²) in [5, 5.41) is 43.9. The normalized spacial score (nSPS) is 43.5. The van der Waals surface area contributed by atoms with Crippen LogP contribution in [-0.4, -0.2) is 70.5 Å². The topological polar surface area (TPSA) is 138 Å². The summed E-state index contributed by atoms with van der Waals surface area (Å²) in [7, 11) is 0. The van der Waals surface area contributed by atoms with Gasteiger partial charge in [0.15, 0.2) is 12.3 Å². The zero-order valence-corrected chi connectivity index (χ0v) is 11.1. The van der Waals surface area contributed by atoms with Gasteiger partial charge in [0.1, 0.15) is 0 Å². The fraction of sp³-hybridized carbons (Fsp3) is 0.750. The van der Waals surface area contributed by atoms with E-state index in [0.29, 0.717) is 0 Å². The van der Waals surface area contributed by atoms with Crippen molar-refractivity contribution in [2.45, 2.75) is 24.6 Å². The van der Waals surface area contributed by atoms with Gasteiger partial charge in [0.25, 0.3) is 6.10 Å². The van der Waals surface area contributed by atoms with Crippen LogP contribution < -0.4 is 10.6 Å². The van der Waals surface area contributed by atoms with Crippen molar-refractivity contribution in [2.75, 3.05) is 19.8 Å². The first-order valence-electron chi connectivity index (χ1n) is 6.74. The predicted molar refractivity (Wildman–Crippen MR) is 66.4 cm³/mol. The van der Waals surface area contributed by atoms with Crippen LogP contribution in [-0.2, 0) is 9.53 Å². The molecule has 9 nitrogen and oxygen atoms in total. The smallest absolute Gasteiger partial charge is 0.303 e. The van der Waals surface area contributed by atoms with Crippen LogP contribution in [0.4, 0.5) is 0 Å². The third-order valence-electron chi connectivity index (χ3n) is 4.28. The molecule has 0 aliphatic carbocycles. The Morgan fingerprint density at radius 1 is 1.52 bits per heavy atom. The summed E-state index contributed by atoms with van der Waals surface area (Å²) in [6.45, 7) is 0.00223. The number of nitrogens with one attached hydrogen (secondary N) is 2. The highest BCUT2D eigenvalue weighted by atomic mass is 16.6. The monoisotopic (exact) mass is 297 g/mol. The lowest BCUT2D eigenvalue weighted by Crippen LogP contribution is -2.61. The Morgan fingerprint density at radius 3 is 2.90 bits per heavy atom. The van der Waals surface area contributed by atoms with E-state index in [1.165, 1.54) is 0 Å². The molecule has 114 valence electrons. The van der Waals surface area contributed by atoms with Gasteiger partial charge in [0, 0.05) is 6.54 Å². The first-order chi connectivity index (χ1) is 10.1. The second kappa shape index (κ2) is 5.42. The second-order valence-corrected chi connectivity index (χ2v) is 5.39. The summed E-state index contributed by atoms with van der Waals surface area (Å²) in [5.41, 5.74) is 0. The minimum absolute atomic E-state index is 0.00952. The lowest BCUT2D eigenvalue weighted by atomic mass is 9.93. The molecule has 3 saturated heterocycles. The maximum Gasteiger partial charge on any atom is 0.303 e. The number of fused-ring (bicyclic) bond motifs is 1. The van der Waals surface area contributed by atoms with Crippen molar-refractivity contribution in [3.05, 3.63) is 6.10 Å². The summed E-state index contributed by atoms with van der Waals surface area (Å²) in [5.74, 6) is -1.31. The number of likely N-dealkylation sites (tertiary alicyclic amines) is 1. The Morgan fingerprint density at radius 2 is 2.29 bits per heavy atom. The largest absolute Gasteiger partial charge is 0.381 e. The van der Waals surface area contributed by atoms with Gasteiger partial charge in [0.2, 0.25) is 12.5 Å². The minimum atomic E-state index is -1.28. The number of aliphatic hydroxyl groups is 3. The molecule has 0 aromatic heterocycles. The van der Waals surface area contributed by atoms with Crippen LogP contribution in [0.15, 0.2) is 0 Å². The van der Waals surface area contributed by atoms with Crippen LogP contribution in [0.5, 0.6) is 0 Å². The van der Waals surface area contributed by atoms with Crippen LogP contribution in [0.2, 0.25) is 0 Å². The van der Waals surface area contributed by atoms with Crippen molar-refractivity contribution in [2.24, 2.45) is 11.8 Å². The molecule has 4 unspecified atom stereocenters. The zero-order valence-electron chi connectivity index (χ0n) is 11.1. The van der Waals surface area contributed by atoms with Crippen LogP contribution in [0.1, 0.15) is 0 Å². The number of ether oxygens (including phenoxy) is 1. The van der Waals surface area contributed by atoms with Gasteiger partial charge in [-0.15, -0.1) is 0 Å². The van der Waals surface area contributed by atoms with Gasteiger partial charge in [0.05, 0.1) is 30.7 Å². The van der Waals surface area contributed by atoms with Crippen molar-refractivity contribution in [1.29, 1.82) is 5.26 Å². The van der Waals surface area contributed by atoms with E-state index in [4.69, 9.17) is 9.84 Å². The maximum atomic E-state index is 11.9. The summed E-state index contributed by atoms with van der Waals surface area (Å²) in [4.78, 5) is 13.6. The van der Waals surface area contributed by atoms with Gasteiger partial charge < -0.3 is 20.6 Å². The highest BCUT2D eigenvalue weighted by molar-refractivity contribution is 5.81. The lowest BCUT2D eigenvalue weighted by Gasteiger charge is -2.34. The summed E-state index contributed by atoms with van der Waals surface area (Å²) < 4.78 is 5.41. The number of carbonyl (C=O) groups is 1. The molecule has 0 spiro atoms. The van der Waals surface area contributed by atoms with E-state index >= 15 is 0 Å². The molecule has 5 N–H and O–H groups in total. The number of hydrogen-bond donors (Lipinski definition) is 5. The predicted octanol–water partition coefficient (Wildman–Crippen LogP) is -3.34. The number of carbonyl (C=O) groups excluding carboxylic acids is 1. The fourth-order valence-electron chi connectivity index (χ4n) is 3.23. The number of aliphatic hydroxyl groups excluding tert-OH is 3. The van der Waals surface area contributed by atoms with Crippen molar-refractivity contribution >= 4 is 5.91 Å². The standard InChI is InChI=1S/C12H16N4O5/c13-1-5-2-16(10-7(5)11(20)15-4-14-10)12-9(19)8(18)6(3-17)21-12/h5,7-10,12,14,17-19H,2-4H2/p+1/t5?,7?,8-,9?,10?,12-/m1/s1. The Balaban J connectivity index is 1.83. The van der Waals surface area contributed by atoms with Crippen LogP contribution in [0, 0.1) is 29.3 Å². The van der Waals surface area contributed by atoms with E-state index in [0.717, 1.165) is 0 Å². The molecule has 9 heteroatoms. The van der Waals surface area contributed by atoms with Crippen molar-refractivity contribution < 1.29 is 24.9 Å². The molecule has 3 aliphatic heterocycles. The van der Waals surface area contributed by atoms with Crippen molar-refractivity contribution in [1.82, 2.24) is 15.5 Å². The molecule has 3 aliphatic rings. The van der Waals surface area contributed by atoms with E-state index < -0.39 is 43.0 Å². The average molecular weight is 297 g/mol. The molecule has 0 aromatic rings. The summed E-state index contributed by atoms with van der Waals surface area (Å²) in [6, 6.07) is 2.10. The highest BCUT2D eigenvalue weighted by Gasteiger charge is 2.60. The Kier molecular flexibility index (Phi) is 3.75. The molecule has 3 heterocycles. The molecular formula is C12H17N4O5+. The van der Waals surface area contributed by atoms with E-state index in [9.17, 15) is 20.3 Å². The summed E-state index contributed by atoms with van der Waals surface area (Å²) >= 11 is 0. The van der Waals surface area contributed by atoms with Crippen LogP contribution >= 0.6 is 0 Å². The SMILES string of the molecule is N#CC1CN([C@@H]2O[C+](CO)[C@@H](O)C2O)C2NCNC(=O)C12. The van der Waals surface area contributed by atoms with Gasteiger partial charge in [-0.1, -0.05) is 0 Å². The summed E-state index contributed by atoms with van der Waals surface area (Å²) in [6.07, 6.45) is -3.88. The van der Waals surface area contributed by atoms with Crippen LogP contribution in [0.25, 0.3) is 0 Å². The van der Waals surface area contributed by atoms with E-state index in [1.807, 2.05) is 0 Å². The first kappa shape index (κ1) is 14.5. The number of hydrogen-bond acceptors (Lipinski definition) is 8. The first-order valence-corrected chi connectivity index (χ1v) is 6.74. The van der Waals surface area contributed by atoms with Gasteiger partial charge in [-0.3, -0.25) is 15.0 Å². The number of nitriles is 1. The second-order valence-electron chi connectivity index (χ2n) is 5.39. The highest BCUT2D eigenvalue weighted by Crippen LogP contribution is 2.37. The minimum Gasteiger partial charge on any atom is -0.381 e. The third kappa shape index (κ3) is 2.17. The molecular weight excluding hydrogens is 280 g/mol. The van der Waals surface area contributed by atoms with Gasteiger partial charge in [-0.2, -0.15) is 10.00 Å². The molecule has 1 amide bonds. The van der Waals surface area contributed by atoms with Gasteiger partial charge in [-0.05, 0) is 0 Å². The van der Waals surface area contributed by atoms with Crippen molar-refractivity contribution in [3.8, 4) is 6.07 Å². The third-order valence-corrected chi connectivity index (χ3v) is 4.28. The van der Waals surface area contributed by atoms with Crippen molar-refractivity contribution in [3.63, 3.8) is 0 Å². The number of amides is 1. The molecule has 0 radical (unpaired) electrons. The lowest BCUT2D eigenvalue weighted by molar-refractivity contribution is -0.133. The molecule has 3 rings (SSSR count).